The highest BCUT2D eigenvalue weighted by Gasteiger charge is 2.14. The first-order valence-electron chi connectivity index (χ1n) is 5.41. The molecular formula is C13H18. The molecular weight excluding hydrogens is 156 g/mol. The molecule has 0 saturated carbocycles. The van der Waals surface area contributed by atoms with E-state index in [2.05, 4.69) is 31.2 Å². The first kappa shape index (κ1) is 8.80. The van der Waals surface area contributed by atoms with Crippen LogP contribution in [0.2, 0.25) is 0 Å². The van der Waals surface area contributed by atoms with Crippen LogP contribution in [0.3, 0.4) is 0 Å². The normalized spacial score (nSPS) is 28.2. The number of allylic oxidation sites excluding steroid dienone is 6. The molecule has 0 radical (unpaired) electrons. The van der Waals surface area contributed by atoms with E-state index < -0.39 is 0 Å². The van der Waals surface area contributed by atoms with Crippen molar-refractivity contribution in [2.45, 2.75) is 39.0 Å². The fourth-order valence-corrected chi connectivity index (χ4v) is 2.24. The lowest BCUT2D eigenvalue weighted by Gasteiger charge is -2.21. The van der Waals surface area contributed by atoms with Crippen LogP contribution in [0, 0.1) is 5.92 Å². The van der Waals surface area contributed by atoms with Gasteiger partial charge in [0.2, 0.25) is 0 Å². The van der Waals surface area contributed by atoms with Crippen LogP contribution in [-0.2, 0) is 0 Å². The van der Waals surface area contributed by atoms with Crippen molar-refractivity contribution in [1.29, 1.82) is 0 Å². The van der Waals surface area contributed by atoms with Gasteiger partial charge in [-0.1, -0.05) is 31.2 Å². The van der Waals surface area contributed by atoms with Crippen LogP contribution in [0.15, 0.2) is 35.5 Å². The maximum Gasteiger partial charge on any atom is -0.0241 e. The topological polar surface area (TPSA) is 0 Å². The lowest BCUT2D eigenvalue weighted by molar-refractivity contribution is 0.511. The highest BCUT2D eigenvalue weighted by atomic mass is 14.2. The van der Waals surface area contributed by atoms with Crippen LogP contribution in [0.5, 0.6) is 0 Å². The Balaban J connectivity index is 2.11. The summed E-state index contributed by atoms with van der Waals surface area (Å²) in [6.45, 7) is 2.37. The van der Waals surface area contributed by atoms with Crippen molar-refractivity contribution in [2.24, 2.45) is 5.92 Å². The molecule has 0 bridgehead atoms. The Bertz CT molecular complexity index is 266. The summed E-state index contributed by atoms with van der Waals surface area (Å²) in [5.41, 5.74) is 3.22. The quantitative estimate of drug-likeness (QED) is 0.563. The van der Waals surface area contributed by atoms with Crippen molar-refractivity contribution >= 4 is 0 Å². The van der Waals surface area contributed by atoms with Crippen LogP contribution in [-0.4, -0.2) is 0 Å². The molecule has 2 rings (SSSR count). The molecule has 0 aliphatic heterocycles. The van der Waals surface area contributed by atoms with E-state index in [1.807, 2.05) is 0 Å². The van der Waals surface area contributed by atoms with Gasteiger partial charge in [0.15, 0.2) is 0 Å². The van der Waals surface area contributed by atoms with Gasteiger partial charge in [0.05, 0.1) is 0 Å². The third-order valence-corrected chi connectivity index (χ3v) is 3.04. The van der Waals surface area contributed by atoms with E-state index >= 15 is 0 Å². The molecule has 13 heavy (non-hydrogen) atoms. The minimum absolute atomic E-state index is 0.895. The standard InChI is InChI=1S/C13H18/c1-11-6-5-9-13(10-11)12-7-3-2-4-8-12/h2-3,7,9,11H,4-6,8,10H2,1H3. The van der Waals surface area contributed by atoms with Gasteiger partial charge in [0, 0.05) is 0 Å². The van der Waals surface area contributed by atoms with Gasteiger partial charge in [-0.15, -0.1) is 0 Å². The van der Waals surface area contributed by atoms with Crippen LogP contribution >= 0.6 is 0 Å². The SMILES string of the molecule is CC1CCC=C(C2=CC=CCC2)C1. The summed E-state index contributed by atoms with van der Waals surface area (Å²) in [4.78, 5) is 0. The Morgan fingerprint density at radius 2 is 2.15 bits per heavy atom. The highest BCUT2D eigenvalue weighted by Crippen LogP contribution is 2.31. The first-order chi connectivity index (χ1) is 6.36. The molecule has 2 aliphatic rings. The number of hydrogen-bond donors (Lipinski definition) is 0. The molecule has 0 saturated heterocycles. The zero-order valence-electron chi connectivity index (χ0n) is 8.42. The molecule has 0 nitrogen and oxygen atoms in total. The molecule has 1 unspecified atom stereocenters. The number of hydrogen-bond acceptors (Lipinski definition) is 0. The van der Waals surface area contributed by atoms with Crippen LogP contribution in [0.25, 0.3) is 0 Å². The van der Waals surface area contributed by atoms with E-state index in [1.54, 1.807) is 11.1 Å². The minimum Gasteiger partial charge on any atom is -0.0842 e. The molecule has 1 atom stereocenters. The molecule has 0 N–H and O–H groups in total. The zero-order chi connectivity index (χ0) is 9.10. The van der Waals surface area contributed by atoms with Gasteiger partial charge in [-0.2, -0.15) is 0 Å². The second kappa shape index (κ2) is 3.95. The van der Waals surface area contributed by atoms with Crippen LogP contribution in [0.4, 0.5) is 0 Å². The van der Waals surface area contributed by atoms with Crippen molar-refractivity contribution in [3.8, 4) is 0 Å². The average Bonchev–Trinajstić information content (AvgIpc) is 2.19. The zero-order valence-corrected chi connectivity index (χ0v) is 8.42. The molecule has 0 fully saturated rings. The molecule has 0 aromatic rings. The van der Waals surface area contributed by atoms with Crippen molar-refractivity contribution < 1.29 is 0 Å². The van der Waals surface area contributed by atoms with E-state index in [-0.39, 0.29) is 0 Å². The van der Waals surface area contributed by atoms with Gasteiger partial charge >= 0.3 is 0 Å². The average molecular weight is 174 g/mol. The van der Waals surface area contributed by atoms with E-state index in [0.717, 1.165) is 5.92 Å². The summed E-state index contributed by atoms with van der Waals surface area (Å²) in [5.74, 6) is 0.895. The molecule has 2 aliphatic carbocycles. The Labute approximate surface area is 81.0 Å². The minimum atomic E-state index is 0.895. The van der Waals surface area contributed by atoms with Crippen molar-refractivity contribution in [2.75, 3.05) is 0 Å². The summed E-state index contributed by atoms with van der Waals surface area (Å²) in [6.07, 6.45) is 15.7. The van der Waals surface area contributed by atoms with Gasteiger partial charge in [0.25, 0.3) is 0 Å². The lowest BCUT2D eigenvalue weighted by atomic mass is 9.84. The summed E-state index contributed by atoms with van der Waals surface area (Å²) >= 11 is 0. The Morgan fingerprint density at radius 3 is 2.85 bits per heavy atom. The predicted molar refractivity (Wildman–Crippen MR) is 57.6 cm³/mol. The fraction of sp³-hybridized carbons (Fsp3) is 0.538. The first-order valence-corrected chi connectivity index (χ1v) is 5.41. The van der Waals surface area contributed by atoms with Gasteiger partial charge in [0.1, 0.15) is 0 Å². The second-order valence-electron chi connectivity index (χ2n) is 4.27. The van der Waals surface area contributed by atoms with E-state index in [9.17, 15) is 0 Å². The van der Waals surface area contributed by atoms with Crippen molar-refractivity contribution in [3.05, 3.63) is 35.5 Å². The molecule has 70 valence electrons. The van der Waals surface area contributed by atoms with Gasteiger partial charge in [-0.3, -0.25) is 0 Å². The largest absolute Gasteiger partial charge is 0.0842 e. The molecule has 0 amide bonds. The molecule has 0 spiro atoms. The van der Waals surface area contributed by atoms with Crippen molar-refractivity contribution in [3.63, 3.8) is 0 Å². The van der Waals surface area contributed by atoms with Gasteiger partial charge < -0.3 is 0 Å². The maximum atomic E-state index is 2.45. The van der Waals surface area contributed by atoms with Crippen LogP contribution < -0.4 is 0 Å². The lowest BCUT2D eigenvalue weighted by Crippen LogP contribution is -2.05. The molecule has 0 heterocycles. The van der Waals surface area contributed by atoms with E-state index in [0.29, 0.717) is 0 Å². The Kier molecular flexibility index (Phi) is 2.68. The third-order valence-electron chi connectivity index (χ3n) is 3.04. The smallest absolute Gasteiger partial charge is 0.0241 e. The third kappa shape index (κ3) is 2.12. The Morgan fingerprint density at radius 1 is 1.23 bits per heavy atom. The summed E-state index contributed by atoms with van der Waals surface area (Å²) in [5, 5.41) is 0. The fourth-order valence-electron chi connectivity index (χ4n) is 2.24. The summed E-state index contributed by atoms with van der Waals surface area (Å²) in [6, 6.07) is 0. The van der Waals surface area contributed by atoms with Gasteiger partial charge in [-0.05, 0) is 49.2 Å². The highest BCUT2D eigenvalue weighted by molar-refractivity contribution is 5.36. The van der Waals surface area contributed by atoms with E-state index in [1.165, 1.54) is 32.1 Å². The summed E-state index contributed by atoms with van der Waals surface area (Å²) < 4.78 is 0. The van der Waals surface area contributed by atoms with Crippen molar-refractivity contribution in [1.82, 2.24) is 0 Å². The summed E-state index contributed by atoms with van der Waals surface area (Å²) in [7, 11) is 0. The van der Waals surface area contributed by atoms with E-state index in [4.69, 9.17) is 0 Å². The second-order valence-corrected chi connectivity index (χ2v) is 4.27. The van der Waals surface area contributed by atoms with Gasteiger partial charge in [-0.25, -0.2) is 0 Å². The maximum absolute atomic E-state index is 2.45. The number of rotatable bonds is 1. The molecule has 0 heteroatoms. The molecule has 0 aromatic carbocycles. The molecule has 0 aromatic heterocycles. The Hall–Kier alpha value is -0.780. The monoisotopic (exact) mass is 174 g/mol. The predicted octanol–water partition coefficient (Wildman–Crippen LogP) is 4.01. The van der Waals surface area contributed by atoms with Crippen LogP contribution in [0.1, 0.15) is 39.0 Å².